The Balaban J connectivity index is 1.59. The average molecular weight is 498 g/mol. The fraction of sp³-hybridized carbons (Fsp3) is 0.0909. The molecular weight excluding hydrogens is 478 g/mol. The van der Waals surface area contributed by atoms with Crippen LogP contribution in [0.25, 0.3) is 22.2 Å². The molecule has 0 bridgehead atoms. The fourth-order valence-corrected chi connectivity index (χ4v) is 5.41. The third kappa shape index (κ3) is 4.82. The molecule has 2 amide bonds. The first kappa shape index (κ1) is 23.1. The molecule has 34 heavy (non-hydrogen) atoms. The standard InChI is InChI=1S/C22H19N5O5S2/c1-12-3-8-20(33-12)34(31,32)27-22(30)25-14-5-7-17(24-11-14)16-10-19(28)26-18-9-13(23-2)4-6-15(18)21(16)29/h3-11,23H,1-2H3,(H,26,28)(H2,25,27,30). The number of pyridine rings is 1. The van der Waals surface area contributed by atoms with Gasteiger partial charge in [0, 0.05) is 29.1 Å². The number of hydrogen-bond donors (Lipinski definition) is 4. The largest absolute Gasteiger partial charge is 0.388 e. The van der Waals surface area contributed by atoms with E-state index in [1.165, 1.54) is 30.5 Å². The molecular formula is C22H19N5O5S2. The van der Waals surface area contributed by atoms with Crippen LogP contribution in [0.4, 0.5) is 16.2 Å². The molecule has 3 heterocycles. The molecule has 174 valence electrons. The number of carbonyl (C=O) groups is 1. The Morgan fingerprint density at radius 2 is 1.79 bits per heavy atom. The lowest BCUT2D eigenvalue weighted by molar-refractivity contribution is 0.256. The number of thiophene rings is 1. The van der Waals surface area contributed by atoms with Crippen LogP contribution in [0.15, 0.2) is 68.5 Å². The number of H-pyrrole nitrogens is 1. The van der Waals surface area contributed by atoms with Crippen molar-refractivity contribution in [3.8, 4) is 11.3 Å². The number of urea groups is 1. The summed E-state index contributed by atoms with van der Waals surface area (Å²) in [6.07, 6.45) is 1.26. The number of nitrogens with zero attached hydrogens (tertiary/aromatic N) is 1. The van der Waals surface area contributed by atoms with E-state index in [0.717, 1.165) is 21.9 Å². The summed E-state index contributed by atoms with van der Waals surface area (Å²) in [7, 11) is -2.28. The molecule has 0 atom stereocenters. The second-order valence-corrected chi connectivity index (χ2v) is 10.4. The molecule has 0 radical (unpaired) electrons. The third-order valence-electron chi connectivity index (χ3n) is 4.84. The van der Waals surface area contributed by atoms with E-state index in [2.05, 4.69) is 20.6 Å². The Kier molecular flexibility index (Phi) is 6.18. The van der Waals surface area contributed by atoms with E-state index in [1.807, 2.05) is 4.72 Å². The van der Waals surface area contributed by atoms with Gasteiger partial charge in [0.15, 0.2) is 5.43 Å². The summed E-state index contributed by atoms with van der Waals surface area (Å²) in [6.45, 7) is 1.76. The van der Waals surface area contributed by atoms with E-state index in [1.54, 1.807) is 38.2 Å². The predicted octanol–water partition coefficient (Wildman–Crippen LogP) is 2.87. The Morgan fingerprint density at radius 1 is 1.03 bits per heavy atom. The Hall–Kier alpha value is -4.03. The van der Waals surface area contributed by atoms with Crippen LogP contribution in [0.2, 0.25) is 0 Å². The maximum Gasteiger partial charge on any atom is 0.333 e. The van der Waals surface area contributed by atoms with E-state index in [9.17, 15) is 22.8 Å². The normalized spacial score (nSPS) is 11.2. The highest BCUT2D eigenvalue weighted by Crippen LogP contribution is 2.21. The van der Waals surface area contributed by atoms with Crippen molar-refractivity contribution in [2.45, 2.75) is 11.1 Å². The van der Waals surface area contributed by atoms with Gasteiger partial charge < -0.3 is 15.6 Å². The van der Waals surface area contributed by atoms with Crippen LogP contribution in [-0.4, -0.2) is 31.5 Å². The smallest absolute Gasteiger partial charge is 0.333 e. The molecule has 0 saturated heterocycles. The van der Waals surface area contributed by atoms with E-state index < -0.39 is 21.6 Å². The summed E-state index contributed by atoms with van der Waals surface area (Å²) >= 11 is 1.04. The summed E-state index contributed by atoms with van der Waals surface area (Å²) in [5.74, 6) is 0. The summed E-state index contributed by atoms with van der Waals surface area (Å²) in [5.41, 5.74) is 0.748. The number of aromatic nitrogens is 2. The van der Waals surface area contributed by atoms with Gasteiger partial charge in [-0.25, -0.2) is 17.9 Å². The topological polar surface area (TPSA) is 150 Å². The molecule has 12 heteroatoms. The van der Waals surface area contributed by atoms with Crippen molar-refractivity contribution in [3.05, 3.63) is 80.2 Å². The number of aromatic amines is 1. The van der Waals surface area contributed by atoms with Crippen LogP contribution < -0.4 is 26.3 Å². The number of aryl methyl sites for hydroxylation is 1. The van der Waals surface area contributed by atoms with Gasteiger partial charge in [0.25, 0.3) is 10.0 Å². The maximum atomic E-state index is 13.1. The van der Waals surface area contributed by atoms with E-state index in [4.69, 9.17) is 0 Å². The molecule has 0 unspecified atom stereocenters. The van der Waals surface area contributed by atoms with Gasteiger partial charge >= 0.3 is 6.03 Å². The number of rotatable bonds is 5. The lowest BCUT2D eigenvalue weighted by Crippen LogP contribution is -2.33. The molecule has 4 aromatic rings. The number of sulfonamides is 1. The van der Waals surface area contributed by atoms with E-state index in [-0.39, 0.29) is 26.6 Å². The molecule has 0 aliphatic carbocycles. The number of benzene rings is 1. The van der Waals surface area contributed by atoms with Gasteiger partial charge in [0.05, 0.1) is 28.7 Å². The first-order valence-electron chi connectivity index (χ1n) is 9.92. The van der Waals surface area contributed by atoms with Crippen molar-refractivity contribution < 1.29 is 13.2 Å². The minimum absolute atomic E-state index is 0.0211. The molecule has 10 nitrogen and oxygen atoms in total. The van der Waals surface area contributed by atoms with E-state index >= 15 is 0 Å². The molecule has 0 fully saturated rings. The highest BCUT2D eigenvalue weighted by Gasteiger charge is 2.19. The monoisotopic (exact) mass is 497 g/mol. The zero-order valence-corrected chi connectivity index (χ0v) is 19.6. The van der Waals surface area contributed by atoms with Gasteiger partial charge in [-0.1, -0.05) is 0 Å². The minimum atomic E-state index is -4.00. The molecule has 4 rings (SSSR count). The zero-order chi connectivity index (χ0) is 24.5. The summed E-state index contributed by atoms with van der Waals surface area (Å²) in [5, 5.41) is 5.65. The van der Waals surface area contributed by atoms with Gasteiger partial charge in [-0.15, -0.1) is 11.3 Å². The lowest BCUT2D eigenvalue weighted by atomic mass is 10.1. The van der Waals surface area contributed by atoms with Gasteiger partial charge in [0.2, 0.25) is 5.56 Å². The lowest BCUT2D eigenvalue weighted by Gasteiger charge is -2.07. The maximum absolute atomic E-state index is 13.1. The fourth-order valence-electron chi connectivity index (χ4n) is 3.21. The van der Waals surface area contributed by atoms with Crippen molar-refractivity contribution in [2.75, 3.05) is 17.7 Å². The molecule has 0 aliphatic rings. The molecule has 3 aromatic heterocycles. The van der Waals surface area contributed by atoms with Crippen molar-refractivity contribution in [3.63, 3.8) is 0 Å². The highest BCUT2D eigenvalue weighted by molar-refractivity contribution is 7.92. The van der Waals surface area contributed by atoms with Crippen LogP contribution in [-0.2, 0) is 10.0 Å². The molecule has 4 N–H and O–H groups in total. The first-order valence-corrected chi connectivity index (χ1v) is 12.2. The van der Waals surface area contributed by atoms with Crippen LogP contribution in [0.5, 0.6) is 0 Å². The van der Waals surface area contributed by atoms with Crippen molar-refractivity contribution in [1.29, 1.82) is 0 Å². The number of nitrogens with one attached hydrogen (secondary N) is 4. The molecule has 0 aliphatic heterocycles. The van der Waals surface area contributed by atoms with Gasteiger partial charge in [-0.2, -0.15) is 0 Å². The van der Waals surface area contributed by atoms with Crippen LogP contribution in [0, 0.1) is 6.92 Å². The van der Waals surface area contributed by atoms with Crippen LogP contribution >= 0.6 is 11.3 Å². The van der Waals surface area contributed by atoms with Crippen LogP contribution in [0.1, 0.15) is 4.88 Å². The Bertz CT molecular complexity index is 1630. The third-order valence-corrected chi connectivity index (χ3v) is 7.66. The number of anilines is 2. The predicted molar refractivity (Wildman–Crippen MR) is 132 cm³/mol. The zero-order valence-electron chi connectivity index (χ0n) is 18.0. The Labute approximate surface area is 197 Å². The second kappa shape index (κ2) is 9.08. The first-order chi connectivity index (χ1) is 16.2. The van der Waals surface area contributed by atoms with Crippen molar-refractivity contribution in [1.82, 2.24) is 14.7 Å². The Morgan fingerprint density at radius 3 is 2.44 bits per heavy atom. The molecule has 0 spiro atoms. The van der Waals surface area contributed by atoms with Crippen molar-refractivity contribution >= 4 is 49.7 Å². The van der Waals surface area contributed by atoms with E-state index in [0.29, 0.717) is 10.9 Å². The van der Waals surface area contributed by atoms with Crippen molar-refractivity contribution in [2.24, 2.45) is 0 Å². The number of hydrogen-bond acceptors (Lipinski definition) is 8. The summed E-state index contributed by atoms with van der Waals surface area (Å²) in [4.78, 5) is 45.2. The van der Waals surface area contributed by atoms with Crippen LogP contribution in [0.3, 0.4) is 0 Å². The molecule has 0 saturated carbocycles. The SMILES string of the molecule is CNc1ccc2c(=O)c(-c3ccc(NC(=O)NS(=O)(=O)c4ccc(C)s4)cn3)cc(=O)[nH]c2c1. The van der Waals surface area contributed by atoms with Gasteiger partial charge in [-0.05, 0) is 49.4 Å². The van der Waals surface area contributed by atoms with Gasteiger partial charge in [0.1, 0.15) is 4.21 Å². The average Bonchev–Trinajstić information content (AvgIpc) is 3.19. The minimum Gasteiger partial charge on any atom is -0.388 e. The van der Waals surface area contributed by atoms with Gasteiger partial charge in [-0.3, -0.25) is 14.6 Å². The summed E-state index contributed by atoms with van der Waals surface area (Å²) in [6, 6.07) is 11.2. The second-order valence-electron chi connectivity index (χ2n) is 7.24. The number of carbonyl (C=O) groups excluding carboxylic acids is 1. The molecule has 1 aromatic carbocycles. The number of amides is 2. The highest BCUT2D eigenvalue weighted by atomic mass is 32.2. The summed E-state index contributed by atoms with van der Waals surface area (Å²) < 4.78 is 26.5. The number of fused-ring (bicyclic) bond motifs is 1. The quantitative estimate of drug-likeness (QED) is 0.331.